The number of aryl methyl sites for hydroxylation is 1. The van der Waals surface area contributed by atoms with Crippen LogP contribution >= 0.6 is 11.6 Å². The van der Waals surface area contributed by atoms with E-state index in [4.69, 9.17) is 21.8 Å². The SMILES string of the molecule is CCCCCCCCCCc1ccc(CNCC#CCC(C)(C(=O)O)C(=O)O)cc1Cl. The van der Waals surface area contributed by atoms with Crippen LogP contribution in [0.5, 0.6) is 0 Å². The van der Waals surface area contributed by atoms with Crippen molar-refractivity contribution in [3.8, 4) is 11.8 Å². The van der Waals surface area contributed by atoms with Crippen LogP contribution < -0.4 is 5.32 Å². The lowest BCUT2D eigenvalue weighted by molar-refractivity contribution is -0.162. The number of nitrogens with one attached hydrogen (secondary N) is 1. The van der Waals surface area contributed by atoms with Gasteiger partial charge in [0.25, 0.3) is 0 Å². The first-order chi connectivity index (χ1) is 14.8. The molecule has 3 N–H and O–H groups in total. The zero-order chi connectivity index (χ0) is 23.1. The van der Waals surface area contributed by atoms with Crippen LogP contribution in [0.2, 0.25) is 5.02 Å². The first-order valence-electron chi connectivity index (χ1n) is 11.2. The molecule has 1 rings (SSSR count). The predicted molar refractivity (Wildman–Crippen MR) is 125 cm³/mol. The maximum absolute atomic E-state index is 11.1. The predicted octanol–water partition coefficient (Wildman–Crippen LogP) is 5.68. The summed E-state index contributed by atoms with van der Waals surface area (Å²) in [6.45, 7) is 4.33. The Balaban J connectivity index is 2.32. The Morgan fingerprint density at radius 2 is 1.61 bits per heavy atom. The number of benzene rings is 1. The van der Waals surface area contributed by atoms with E-state index in [0.717, 1.165) is 30.4 Å². The average molecular weight is 450 g/mol. The van der Waals surface area contributed by atoms with Gasteiger partial charge in [-0.25, -0.2) is 0 Å². The van der Waals surface area contributed by atoms with E-state index in [1.165, 1.54) is 50.5 Å². The van der Waals surface area contributed by atoms with Crippen molar-refractivity contribution in [1.82, 2.24) is 5.32 Å². The molecular weight excluding hydrogens is 414 g/mol. The van der Waals surface area contributed by atoms with Crippen LogP contribution in [0.25, 0.3) is 0 Å². The quantitative estimate of drug-likeness (QED) is 0.182. The van der Waals surface area contributed by atoms with Gasteiger partial charge >= 0.3 is 11.9 Å². The molecule has 0 atom stereocenters. The Labute approximate surface area is 191 Å². The van der Waals surface area contributed by atoms with Gasteiger partial charge in [0, 0.05) is 18.0 Å². The van der Waals surface area contributed by atoms with Gasteiger partial charge in [-0.2, -0.15) is 0 Å². The highest BCUT2D eigenvalue weighted by Gasteiger charge is 2.40. The Kier molecular flexibility index (Phi) is 13.0. The van der Waals surface area contributed by atoms with Gasteiger partial charge in [-0.1, -0.05) is 81.5 Å². The molecule has 0 bridgehead atoms. The summed E-state index contributed by atoms with van der Waals surface area (Å²) in [6.07, 6.45) is 11.1. The van der Waals surface area contributed by atoms with Crippen molar-refractivity contribution >= 4 is 23.5 Å². The molecule has 0 spiro atoms. The lowest BCUT2D eigenvalue weighted by atomic mass is 9.87. The van der Waals surface area contributed by atoms with Crippen molar-refractivity contribution < 1.29 is 19.8 Å². The summed E-state index contributed by atoms with van der Waals surface area (Å²) in [5.41, 5.74) is 0.344. The van der Waals surface area contributed by atoms with E-state index in [9.17, 15) is 9.59 Å². The smallest absolute Gasteiger partial charge is 0.321 e. The Morgan fingerprint density at radius 3 is 2.19 bits per heavy atom. The molecule has 6 heteroatoms. The van der Waals surface area contributed by atoms with E-state index in [1.54, 1.807) is 0 Å². The zero-order valence-electron chi connectivity index (χ0n) is 18.8. The first kappa shape index (κ1) is 27.0. The third-order valence-corrected chi connectivity index (χ3v) is 5.82. The number of carboxylic acids is 2. The van der Waals surface area contributed by atoms with E-state index in [2.05, 4.69) is 36.2 Å². The van der Waals surface area contributed by atoms with E-state index in [0.29, 0.717) is 13.1 Å². The van der Waals surface area contributed by atoms with Crippen LogP contribution in [-0.4, -0.2) is 28.7 Å². The third kappa shape index (κ3) is 10.2. The molecule has 0 saturated carbocycles. The van der Waals surface area contributed by atoms with Crippen LogP contribution in [0.1, 0.15) is 82.8 Å². The molecule has 0 aromatic heterocycles. The van der Waals surface area contributed by atoms with Crippen molar-refractivity contribution in [1.29, 1.82) is 0 Å². The molecule has 31 heavy (non-hydrogen) atoms. The minimum Gasteiger partial charge on any atom is -0.480 e. The summed E-state index contributed by atoms with van der Waals surface area (Å²) in [5.74, 6) is 2.65. The first-order valence-corrected chi connectivity index (χ1v) is 11.6. The van der Waals surface area contributed by atoms with Gasteiger partial charge < -0.3 is 15.5 Å². The number of aliphatic carboxylic acids is 2. The van der Waals surface area contributed by atoms with Gasteiger partial charge in [-0.3, -0.25) is 9.59 Å². The van der Waals surface area contributed by atoms with E-state index in [1.807, 2.05) is 6.07 Å². The Hall–Kier alpha value is -2.03. The molecule has 0 aliphatic heterocycles. The van der Waals surface area contributed by atoms with Crippen LogP contribution in [-0.2, 0) is 22.6 Å². The Bertz CT molecular complexity index is 753. The molecule has 172 valence electrons. The number of carbonyl (C=O) groups is 2. The number of rotatable bonds is 15. The van der Waals surface area contributed by atoms with Crippen LogP contribution in [0.3, 0.4) is 0 Å². The van der Waals surface area contributed by atoms with Crippen molar-refractivity contribution in [2.45, 2.75) is 84.6 Å². The summed E-state index contributed by atoms with van der Waals surface area (Å²) in [6, 6.07) is 6.10. The third-order valence-electron chi connectivity index (χ3n) is 5.47. The van der Waals surface area contributed by atoms with Crippen molar-refractivity contribution in [3.63, 3.8) is 0 Å². The normalized spacial score (nSPS) is 11.1. The fraction of sp³-hybridized carbons (Fsp3) is 0.600. The average Bonchev–Trinajstić information content (AvgIpc) is 2.73. The fourth-order valence-corrected chi connectivity index (χ4v) is 3.46. The molecular formula is C25H36ClNO4. The Morgan fingerprint density at radius 1 is 1.00 bits per heavy atom. The lowest BCUT2D eigenvalue weighted by Crippen LogP contribution is -2.35. The topological polar surface area (TPSA) is 86.6 Å². The second-order valence-electron chi connectivity index (χ2n) is 8.23. The highest BCUT2D eigenvalue weighted by atomic mass is 35.5. The molecule has 0 amide bonds. The van der Waals surface area contributed by atoms with E-state index >= 15 is 0 Å². The summed E-state index contributed by atoms with van der Waals surface area (Å²) in [5, 5.41) is 22.0. The van der Waals surface area contributed by atoms with Gasteiger partial charge in [0.1, 0.15) is 0 Å². The molecule has 0 heterocycles. The van der Waals surface area contributed by atoms with Crippen molar-refractivity contribution in [3.05, 3.63) is 34.3 Å². The van der Waals surface area contributed by atoms with Gasteiger partial charge in [0.15, 0.2) is 5.41 Å². The number of hydrogen-bond donors (Lipinski definition) is 3. The molecule has 0 aliphatic carbocycles. The number of unbranched alkanes of at least 4 members (excludes halogenated alkanes) is 7. The monoisotopic (exact) mass is 449 g/mol. The van der Waals surface area contributed by atoms with Crippen LogP contribution in [0.15, 0.2) is 18.2 Å². The minimum absolute atomic E-state index is 0.237. The lowest BCUT2D eigenvalue weighted by Gasteiger charge is -2.15. The van der Waals surface area contributed by atoms with Crippen molar-refractivity contribution in [2.24, 2.45) is 5.41 Å². The van der Waals surface area contributed by atoms with Gasteiger partial charge in [-0.15, -0.1) is 5.92 Å². The number of hydrogen-bond acceptors (Lipinski definition) is 3. The molecule has 0 radical (unpaired) electrons. The van der Waals surface area contributed by atoms with Gasteiger partial charge in [0.05, 0.1) is 6.54 Å². The number of carboxylic acid groups (broad SMARTS) is 2. The molecule has 0 saturated heterocycles. The highest BCUT2D eigenvalue weighted by Crippen LogP contribution is 2.22. The summed E-state index contributed by atoms with van der Waals surface area (Å²) < 4.78 is 0. The summed E-state index contributed by atoms with van der Waals surface area (Å²) in [7, 11) is 0. The molecule has 5 nitrogen and oxygen atoms in total. The minimum atomic E-state index is -1.88. The van der Waals surface area contributed by atoms with Crippen LogP contribution in [0, 0.1) is 17.3 Å². The molecule has 1 aromatic carbocycles. The zero-order valence-corrected chi connectivity index (χ0v) is 19.6. The van der Waals surface area contributed by atoms with Crippen LogP contribution in [0.4, 0.5) is 0 Å². The second kappa shape index (κ2) is 14.9. The van der Waals surface area contributed by atoms with E-state index < -0.39 is 17.4 Å². The largest absolute Gasteiger partial charge is 0.480 e. The molecule has 0 aliphatic rings. The second-order valence-corrected chi connectivity index (χ2v) is 8.63. The van der Waals surface area contributed by atoms with E-state index in [-0.39, 0.29) is 6.42 Å². The van der Waals surface area contributed by atoms with Gasteiger partial charge in [-0.05, 0) is 37.0 Å². The maximum atomic E-state index is 11.1. The molecule has 0 unspecified atom stereocenters. The van der Waals surface area contributed by atoms with Crippen molar-refractivity contribution in [2.75, 3.05) is 6.54 Å². The number of halogens is 1. The molecule has 1 aromatic rings. The maximum Gasteiger partial charge on any atom is 0.321 e. The molecule has 0 fully saturated rings. The fourth-order valence-electron chi connectivity index (χ4n) is 3.17. The standard InChI is InChI=1S/C25H36ClNO4/c1-3-4-5-6-7-8-9-10-13-21-15-14-20(18-22(21)26)19-27-17-12-11-16-25(2,23(28)29)24(30)31/h14-15,18,27H,3-10,13,16-17,19H2,1-2H3,(H,28,29)(H,30,31). The summed E-state index contributed by atoms with van der Waals surface area (Å²) >= 11 is 6.43. The van der Waals surface area contributed by atoms with Gasteiger partial charge in [0.2, 0.25) is 0 Å². The highest BCUT2D eigenvalue weighted by molar-refractivity contribution is 6.31. The summed E-state index contributed by atoms with van der Waals surface area (Å²) in [4.78, 5) is 22.2.